The number of esters is 1. The molecule has 8 heteroatoms. The number of amides is 1. The van der Waals surface area contributed by atoms with Gasteiger partial charge in [0.1, 0.15) is 0 Å². The zero-order valence-corrected chi connectivity index (χ0v) is 14.3. The summed E-state index contributed by atoms with van der Waals surface area (Å²) in [5.41, 5.74) is 1.86. The lowest BCUT2D eigenvalue weighted by atomic mass is 10.2. The van der Waals surface area contributed by atoms with Crippen molar-refractivity contribution >= 4 is 28.3 Å². The van der Waals surface area contributed by atoms with Gasteiger partial charge in [-0.25, -0.2) is 9.67 Å². The second-order valence-electron chi connectivity index (χ2n) is 5.08. The van der Waals surface area contributed by atoms with Gasteiger partial charge in [0.2, 0.25) is 0 Å². The topological polar surface area (TPSA) is 86.1 Å². The highest BCUT2D eigenvalue weighted by Gasteiger charge is 2.12. The molecule has 0 aliphatic carbocycles. The van der Waals surface area contributed by atoms with E-state index in [1.165, 1.54) is 11.3 Å². The first-order chi connectivity index (χ1) is 12.2. The van der Waals surface area contributed by atoms with Crippen molar-refractivity contribution < 1.29 is 14.3 Å². The van der Waals surface area contributed by atoms with Crippen LogP contribution in [-0.2, 0) is 16.0 Å². The van der Waals surface area contributed by atoms with Gasteiger partial charge >= 0.3 is 5.97 Å². The molecule has 0 saturated heterocycles. The van der Waals surface area contributed by atoms with Crippen molar-refractivity contribution in [2.24, 2.45) is 0 Å². The van der Waals surface area contributed by atoms with Crippen molar-refractivity contribution in [2.45, 2.75) is 13.3 Å². The second kappa shape index (κ2) is 7.71. The summed E-state index contributed by atoms with van der Waals surface area (Å²) in [5, 5.41) is 9.06. The first kappa shape index (κ1) is 16.8. The van der Waals surface area contributed by atoms with Crippen LogP contribution in [0.25, 0.3) is 5.69 Å². The summed E-state index contributed by atoms with van der Waals surface area (Å²) in [6, 6.07) is 8.93. The summed E-state index contributed by atoms with van der Waals surface area (Å²) in [5.74, 6) is -0.608. The van der Waals surface area contributed by atoms with Crippen molar-refractivity contribution in [2.75, 3.05) is 11.9 Å². The van der Waals surface area contributed by atoms with Gasteiger partial charge in [0.25, 0.3) is 5.91 Å². The maximum absolute atomic E-state index is 12.4. The Morgan fingerprint density at radius 2 is 2.20 bits per heavy atom. The number of thiazole rings is 1. The van der Waals surface area contributed by atoms with Gasteiger partial charge in [-0.1, -0.05) is 6.07 Å². The van der Waals surface area contributed by atoms with E-state index in [2.05, 4.69) is 15.4 Å². The lowest BCUT2D eigenvalue weighted by Gasteiger charge is -2.05. The van der Waals surface area contributed by atoms with Gasteiger partial charge in [-0.15, -0.1) is 11.3 Å². The largest absolute Gasteiger partial charge is 0.466 e. The van der Waals surface area contributed by atoms with Crippen LogP contribution in [-0.4, -0.2) is 33.2 Å². The van der Waals surface area contributed by atoms with Crippen LogP contribution in [0.5, 0.6) is 0 Å². The average molecular weight is 356 g/mol. The first-order valence-electron chi connectivity index (χ1n) is 7.67. The van der Waals surface area contributed by atoms with E-state index >= 15 is 0 Å². The molecule has 0 unspecified atom stereocenters. The number of aromatic nitrogens is 3. The molecule has 0 bridgehead atoms. The fourth-order valence-electron chi connectivity index (χ4n) is 2.19. The third-order valence-corrected chi connectivity index (χ3v) is 4.09. The van der Waals surface area contributed by atoms with Crippen molar-refractivity contribution in [3.8, 4) is 5.69 Å². The summed E-state index contributed by atoms with van der Waals surface area (Å²) in [6.07, 6.45) is 3.57. The Morgan fingerprint density at radius 3 is 2.96 bits per heavy atom. The van der Waals surface area contributed by atoms with Crippen molar-refractivity contribution in [3.63, 3.8) is 0 Å². The second-order valence-corrected chi connectivity index (χ2v) is 5.94. The van der Waals surface area contributed by atoms with E-state index in [0.29, 0.717) is 23.0 Å². The van der Waals surface area contributed by atoms with Crippen LogP contribution in [0.15, 0.2) is 48.1 Å². The minimum Gasteiger partial charge on any atom is -0.466 e. The number of rotatable bonds is 6. The molecule has 25 heavy (non-hydrogen) atoms. The zero-order valence-electron chi connectivity index (χ0n) is 13.5. The Hall–Kier alpha value is -3.00. The van der Waals surface area contributed by atoms with Gasteiger partial charge in [-0.05, 0) is 31.2 Å². The molecule has 0 fully saturated rings. The molecule has 3 aromatic rings. The lowest BCUT2D eigenvalue weighted by molar-refractivity contribution is -0.142. The predicted molar refractivity (Wildman–Crippen MR) is 94.0 cm³/mol. The third kappa shape index (κ3) is 4.30. The average Bonchev–Trinajstić information content (AvgIpc) is 3.27. The minimum atomic E-state index is -0.336. The highest BCUT2D eigenvalue weighted by atomic mass is 32.1. The van der Waals surface area contributed by atoms with E-state index in [0.717, 1.165) is 5.69 Å². The van der Waals surface area contributed by atoms with Gasteiger partial charge in [0, 0.05) is 23.3 Å². The third-order valence-electron chi connectivity index (χ3n) is 3.28. The molecule has 0 atom stereocenters. The van der Waals surface area contributed by atoms with Crippen LogP contribution < -0.4 is 5.32 Å². The van der Waals surface area contributed by atoms with Gasteiger partial charge in [0.05, 0.1) is 24.4 Å². The normalized spacial score (nSPS) is 10.4. The van der Waals surface area contributed by atoms with Gasteiger partial charge in [-0.3, -0.25) is 14.9 Å². The number of carbonyl (C=O) groups excluding carboxylic acids is 2. The van der Waals surface area contributed by atoms with Crippen molar-refractivity contribution in [3.05, 3.63) is 59.4 Å². The van der Waals surface area contributed by atoms with E-state index in [-0.39, 0.29) is 18.3 Å². The smallest absolute Gasteiger partial charge is 0.311 e. The molecule has 1 aromatic carbocycles. The molecule has 1 amide bonds. The Morgan fingerprint density at radius 1 is 1.32 bits per heavy atom. The molecule has 0 spiro atoms. The van der Waals surface area contributed by atoms with Crippen LogP contribution in [0.1, 0.15) is 23.0 Å². The molecule has 2 heterocycles. The molecule has 0 aliphatic heterocycles. The number of carbonyl (C=O) groups is 2. The SMILES string of the molecule is CCOC(=O)Cc1csc(NC(=O)c2cccc(-n3cccn3)c2)n1. The molecule has 0 saturated carbocycles. The van der Waals surface area contributed by atoms with Gasteiger partial charge in [0.15, 0.2) is 5.13 Å². The van der Waals surface area contributed by atoms with Crippen LogP contribution in [0, 0.1) is 0 Å². The van der Waals surface area contributed by atoms with Crippen LogP contribution in [0.4, 0.5) is 5.13 Å². The number of nitrogens with one attached hydrogen (secondary N) is 1. The van der Waals surface area contributed by atoms with Crippen LogP contribution in [0.2, 0.25) is 0 Å². The standard InChI is InChI=1S/C17H16N4O3S/c1-2-24-15(22)10-13-11-25-17(19-13)20-16(23)12-5-3-6-14(9-12)21-8-4-7-18-21/h3-9,11H,2,10H2,1H3,(H,19,20,23). The fourth-order valence-corrected chi connectivity index (χ4v) is 2.89. The molecule has 7 nitrogen and oxygen atoms in total. The summed E-state index contributed by atoms with van der Waals surface area (Å²) in [6.45, 7) is 2.08. The highest BCUT2D eigenvalue weighted by molar-refractivity contribution is 7.14. The quantitative estimate of drug-likeness (QED) is 0.686. The number of hydrogen-bond acceptors (Lipinski definition) is 6. The molecule has 0 aliphatic rings. The van der Waals surface area contributed by atoms with E-state index in [1.807, 2.05) is 12.1 Å². The van der Waals surface area contributed by atoms with Crippen LogP contribution >= 0.6 is 11.3 Å². The molecule has 3 rings (SSSR count). The molecule has 1 N–H and O–H groups in total. The minimum absolute atomic E-state index is 0.0923. The molecule has 0 radical (unpaired) electrons. The maximum atomic E-state index is 12.4. The Bertz CT molecular complexity index is 874. The number of benzene rings is 1. The van der Waals surface area contributed by atoms with E-state index in [1.54, 1.807) is 47.6 Å². The molecule has 128 valence electrons. The van der Waals surface area contributed by atoms with Crippen molar-refractivity contribution in [1.82, 2.24) is 14.8 Å². The fraction of sp³-hybridized carbons (Fsp3) is 0.176. The van der Waals surface area contributed by atoms with Crippen LogP contribution in [0.3, 0.4) is 0 Å². The Kier molecular flexibility index (Phi) is 5.20. The molecular weight excluding hydrogens is 340 g/mol. The van der Waals surface area contributed by atoms with E-state index in [4.69, 9.17) is 4.74 Å². The lowest BCUT2D eigenvalue weighted by Crippen LogP contribution is -2.13. The van der Waals surface area contributed by atoms with Crippen molar-refractivity contribution in [1.29, 1.82) is 0 Å². The van der Waals surface area contributed by atoms with E-state index in [9.17, 15) is 9.59 Å². The molecule has 2 aromatic heterocycles. The van der Waals surface area contributed by atoms with Gasteiger partial charge < -0.3 is 4.74 Å². The van der Waals surface area contributed by atoms with Gasteiger partial charge in [-0.2, -0.15) is 5.10 Å². The Labute approximate surface area is 148 Å². The first-order valence-corrected chi connectivity index (χ1v) is 8.55. The summed E-state index contributed by atoms with van der Waals surface area (Å²) in [7, 11) is 0. The Balaban J connectivity index is 1.68. The predicted octanol–water partition coefficient (Wildman–Crippen LogP) is 2.69. The summed E-state index contributed by atoms with van der Waals surface area (Å²) >= 11 is 1.27. The monoisotopic (exact) mass is 356 g/mol. The van der Waals surface area contributed by atoms with E-state index < -0.39 is 0 Å². The number of ether oxygens (including phenoxy) is 1. The summed E-state index contributed by atoms with van der Waals surface area (Å²) < 4.78 is 6.56. The number of anilines is 1. The number of nitrogens with zero attached hydrogens (tertiary/aromatic N) is 3. The number of hydrogen-bond donors (Lipinski definition) is 1. The molecular formula is C17H16N4O3S. The maximum Gasteiger partial charge on any atom is 0.311 e. The zero-order chi connectivity index (χ0) is 17.6. The highest BCUT2D eigenvalue weighted by Crippen LogP contribution is 2.18. The summed E-state index contributed by atoms with van der Waals surface area (Å²) in [4.78, 5) is 28.1.